The number of hydrogen-bond acceptors (Lipinski definition) is 1. The van der Waals surface area contributed by atoms with Gasteiger partial charge in [-0.2, -0.15) is 0 Å². The van der Waals surface area contributed by atoms with Crippen LogP contribution in [0.25, 0.3) is 0 Å². The van der Waals surface area contributed by atoms with E-state index in [1.54, 1.807) is 0 Å². The quantitative estimate of drug-likeness (QED) is 0.766. The maximum absolute atomic E-state index is 6.36. The summed E-state index contributed by atoms with van der Waals surface area (Å²) in [6.45, 7) is 0. The highest BCUT2D eigenvalue weighted by atomic mass is 35.5. The molecular weight excluding hydrogens is 206 g/mol. The van der Waals surface area contributed by atoms with E-state index in [1.807, 2.05) is 13.1 Å². The molecule has 1 aromatic rings. The highest BCUT2D eigenvalue weighted by molar-refractivity contribution is 6.31. The predicted molar refractivity (Wildman–Crippen MR) is 63.4 cm³/mol. The lowest BCUT2D eigenvalue weighted by Gasteiger charge is -2.40. The van der Waals surface area contributed by atoms with Gasteiger partial charge in [-0.1, -0.05) is 30.2 Å². The average Bonchev–Trinajstić information content (AvgIpc) is 2.53. The lowest BCUT2D eigenvalue weighted by atomic mass is 9.65. The summed E-state index contributed by atoms with van der Waals surface area (Å²) in [6.07, 6.45) is 5.24. The summed E-state index contributed by atoms with van der Waals surface area (Å²) < 4.78 is 0. The summed E-state index contributed by atoms with van der Waals surface area (Å²) in [5.74, 6) is 0. The Hall–Kier alpha value is -0.530. The molecule has 0 heterocycles. The fourth-order valence-corrected chi connectivity index (χ4v) is 3.69. The molecule has 2 aliphatic carbocycles. The first-order valence-electron chi connectivity index (χ1n) is 5.73. The van der Waals surface area contributed by atoms with E-state index in [0.717, 1.165) is 5.02 Å². The van der Waals surface area contributed by atoms with E-state index < -0.39 is 0 Å². The van der Waals surface area contributed by atoms with Gasteiger partial charge in [-0.05, 0) is 48.9 Å². The topological polar surface area (TPSA) is 12.0 Å². The van der Waals surface area contributed by atoms with E-state index in [2.05, 4.69) is 17.4 Å². The van der Waals surface area contributed by atoms with Crippen LogP contribution in [0.5, 0.6) is 0 Å². The Morgan fingerprint density at radius 3 is 2.80 bits per heavy atom. The molecule has 0 radical (unpaired) electrons. The van der Waals surface area contributed by atoms with E-state index in [4.69, 9.17) is 11.6 Å². The van der Waals surface area contributed by atoms with Gasteiger partial charge < -0.3 is 5.32 Å². The monoisotopic (exact) mass is 221 g/mol. The van der Waals surface area contributed by atoms with Crippen LogP contribution >= 0.6 is 11.6 Å². The third kappa shape index (κ3) is 1.20. The smallest absolute Gasteiger partial charge is 0.0447 e. The average molecular weight is 222 g/mol. The van der Waals surface area contributed by atoms with Crippen molar-refractivity contribution in [2.75, 3.05) is 7.05 Å². The molecule has 0 aromatic heterocycles. The first kappa shape index (κ1) is 9.68. The molecular formula is C13H16ClN. The van der Waals surface area contributed by atoms with Gasteiger partial charge >= 0.3 is 0 Å². The molecule has 1 unspecified atom stereocenters. The van der Waals surface area contributed by atoms with Crippen LogP contribution in [0, 0.1) is 0 Å². The fraction of sp³-hybridized carbons (Fsp3) is 0.538. The maximum atomic E-state index is 6.36. The van der Waals surface area contributed by atoms with Crippen LogP contribution in [0.3, 0.4) is 0 Å². The van der Waals surface area contributed by atoms with Gasteiger partial charge in [0.15, 0.2) is 0 Å². The summed E-state index contributed by atoms with van der Waals surface area (Å²) in [5.41, 5.74) is 3.29. The second-order valence-corrected chi connectivity index (χ2v) is 5.29. The summed E-state index contributed by atoms with van der Waals surface area (Å²) in [6, 6.07) is 6.86. The van der Waals surface area contributed by atoms with E-state index in [-0.39, 0.29) is 0 Å². The van der Waals surface area contributed by atoms with Gasteiger partial charge in [-0.3, -0.25) is 0 Å². The van der Waals surface area contributed by atoms with Gasteiger partial charge in [0.1, 0.15) is 0 Å². The van der Waals surface area contributed by atoms with Crippen LogP contribution < -0.4 is 5.32 Å². The van der Waals surface area contributed by atoms with Gasteiger partial charge in [0.05, 0.1) is 0 Å². The number of benzene rings is 1. The number of rotatable bonds is 1. The Labute approximate surface area is 95.8 Å². The Balaban J connectivity index is 2.15. The number of hydrogen-bond donors (Lipinski definition) is 1. The van der Waals surface area contributed by atoms with Crippen LogP contribution in [0.1, 0.15) is 42.9 Å². The van der Waals surface area contributed by atoms with Gasteiger partial charge in [-0.25, -0.2) is 0 Å². The molecule has 1 atom stereocenters. The molecule has 0 aliphatic heterocycles. The summed E-state index contributed by atoms with van der Waals surface area (Å²) in [7, 11) is 2.05. The molecule has 2 heteroatoms. The SMILES string of the molecule is CNC1CC2(CCC2)c2c(Cl)cccc21. The zero-order chi connectivity index (χ0) is 10.5. The molecule has 1 aromatic carbocycles. The first-order valence-corrected chi connectivity index (χ1v) is 6.11. The molecule has 0 saturated heterocycles. The molecule has 1 N–H and O–H groups in total. The van der Waals surface area contributed by atoms with E-state index in [0.29, 0.717) is 11.5 Å². The second kappa shape index (κ2) is 3.23. The summed E-state index contributed by atoms with van der Waals surface area (Å²) in [4.78, 5) is 0. The Morgan fingerprint density at radius 1 is 1.40 bits per heavy atom. The van der Waals surface area contributed by atoms with Crippen LogP contribution in [0.2, 0.25) is 5.02 Å². The standard InChI is InChI=1S/C13H16ClN/c1-15-11-8-13(6-3-7-13)12-9(11)4-2-5-10(12)14/h2,4-5,11,15H,3,6-8H2,1H3. The third-order valence-electron chi connectivity index (χ3n) is 4.21. The van der Waals surface area contributed by atoms with E-state index in [1.165, 1.54) is 36.8 Å². The van der Waals surface area contributed by atoms with Crippen molar-refractivity contribution in [3.8, 4) is 0 Å². The van der Waals surface area contributed by atoms with Gasteiger partial charge in [0.2, 0.25) is 0 Å². The van der Waals surface area contributed by atoms with E-state index >= 15 is 0 Å². The minimum Gasteiger partial charge on any atom is -0.313 e. The fourth-order valence-electron chi connectivity index (χ4n) is 3.31. The van der Waals surface area contributed by atoms with E-state index in [9.17, 15) is 0 Å². The third-order valence-corrected chi connectivity index (χ3v) is 4.52. The minimum atomic E-state index is 0.418. The summed E-state index contributed by atoms with van der Waals surface area (Å²) in [5, 5.41) is 4.39. The van der Waals surface area contributed by atoms with Gasteiger partial charge in [-0.15, -0.1) is 0 Å². The molecule has 15 heavy (non-hydrogen) atoms. The number of halogens is 1. The second-order valence-electron chi connectivity index (χ2n) is 4.88. The molecule has 80 valence electrons. The molecule has 1 fully saturated rings. The minimum absolute atomic E-state index is 0.418. The van der Waals surface area contributed by atoms with Crippen molar-refractivity contribution in [1.82, 2.24) is 5.32 Å². The molecule has 3 rings (SSSR count). The van der Waals surface area contributed by atoms with Crippen molar-refractivity contribution in [2.24, 2.45) is 0 Å². The van der Waals surface area contributed by atoms with Crippen LogP contribution in [0.15, 0.2) is 18.2 Å². The van der Waals surface area contributed by atoms with Crippen molar-refractivity contribution in [3.63, 3.8) is 0 Å². The van der Waals surface area contributed by atoms with Crippen molar-refractivity contribution in [3.05, 3.63) is 34.3 Å². The van der Waals surface area contributed by atoms with Crippen molar-refractivity contribution >= 4 is 11.6 Å². The Kier molecular flexibility index (Phi) is 2.08. The van der Waals surface area contributed by atoms with Crippen molar-refractivity contribution in [1.29, 1.82) is 0 Å². The first-order chi connectivity index (χ1) is 7.27. The largest absolute Gasteiger partial charge is 0.313 e. The molecule has 1 nitrogen and oxygen atoms in total. The predicted octanol–water partition coefficient (Wildman–Crippen LogP) is 3.43. The molecule has 2 aliphatic rings. The maximum Gasteiger partial charge on any atom is 0.0447 e. The zero-order valence-electron chi connectivity index (χ0n) is 9.02. The molecule has 0 amide bonds. The highest BCUT2D eigenvalue weighted by Gasteiger charge is 2.48. The summed E-state index contributed by atoms with van der Waals surface area (Å²) >= 11 is 6.36. The number of nitrogens with one attached hydrogen (secondary N) is 1. The van der Waals surface area contributed by atoms with Crippen molar-refractivity contribution < 1.29 is 0 Å². The van der Waals surface area contributed by atoms with Crippen LogP contribution in [-0.4, -0.2) is 7.05 Å². The normalized spacial score (nSPS) is 26.4. The van der Waals surface area contributed by atoms with Crippen molar-refractivity contribution in [2.45, 2.75) is 37.1 Å². The Morgan fingerprint density at radius 2 is 2.20 bits per heavy atom. The van der Waals surface area contributed by atoms with Crippen LogP contribution in [0.4, 0.5) is 0 Å². The Bertz CT molecular complexity index is 396. The number of fused-ring (bicyclic) bond motifs is 2. The molecule has 0 bridgehead atoms. The highest BCUT2D eigenvalue weighted by Crippen LogP contribution is 2.57. The zero-order valence-corrected chi connectivity index (χ0v) is 9.77. The lowest BCUT2D eigenvalue weighted by Crippen LogP contribution is -2.32. The molecule has 1 saturated carbocycles. The van der Waals surface area contributed by atoms with Gasteiger partial charge in [0.25, 0.3) is 0 Å². The van der Waals surface area contributed by atoms with Crippen LogP contribution in [-0.2, 0) is 5.41 Å². The van der Waals surface area contributed by atoms with Gasteiger partial charge in [0, 0.05) is 11.1 Å². The lowest BCUT2D eigenvalue weighted by molar-refractivity contribution is 0.227. The molecule has 1 spiro atoms.